The smallest absolute Gasteiger partial charge is 0.338 e. The van der Waals surface area contributed by atoms with Gasteiger partial charge >= 0.3 is 5.97 Å². The third-order valence-electron chi connectivity index (χ3n) is 5.23. The van der Waals surface area contributed by atoms with E-state index in [9.17, 15) is 9.59 Å². The predicted octanol–water partition coefficient (Wildman–Crippen LogP) is 3.91. The summed E-state index contributed by atoms with van der Waals surface area (Å²) in [5.74, 6) is 0.453. The van der Waals surface area contributed by atoms with Gasteiger partial charge in [0.25, 0.3) is 0 Å². The van der Waals surface area contributed by atoms with Gasteiger partial charge in [0.15, 0.2) is 0 Å². The first kappa shape index (κ1) is 19.9. The molecule has 0 saturated heterocycles. The van der Waals surface area contributed by atoms with Crippen molar-refractivity contribution in [3.8, 4) is 16.9 Å². The quantitative estimate of drug-likeness (QED) is 0.771. The average molecular weight is 381 g/mol. The highest BCUT2D eigenvalue weighted by Gasteiger charge is 2.28. The van der Waals surface area contributed by atoms with E-state index in [0.717, 1.165) is 40.8 Å². The van der Waals surface area contributed by atoms with Crippen LogP contribution in [-0.4, -0.2) is 31.6 Å². The van der Waals surface area contributed by atoms with Gasteiger partial charge in [0.1, 0.15) is 11.9 Å². The molecular formula is C23H27NO4. The van der Waals surface area contributed by atoms with Crippen molar-refractivity contribution < 1.29 is 19.1 Å². The molecular weight excluding hydrogens is 354 g/mol. The summed E-state index contributed by atoms with van der Waals surface area (Å²) in [7, 11) is 1.38. The van der Waals surface area contributed by atoms with Gasteiger partial charge in [-0.2, -0.15) is 0 Å². The van der Waals surface area contributed by atoms with Gasteiger partial charge in [-0.05, 0) is 42.2 Å². The lowest BCUT2D eigenvalue weighted by Gasteiger charge is -2.16. The number of amides is 1. The van der Waals surface area contributed by atoms with Crippen LogP contribution in [0.1, 0.15) is 41.8 Å². The van der Waals surface area contributed by atoms with Crippen LogP contribution in [0.3, 0.4) is 0 Å². The zero-order valence-electron chi connectivity index (χ0n) is 16.9. The number of hydrogen-bond acceptors (Lipinski definition) is 4. The second-order valence-electron chi connectivity index (χ2n) is 7.34. The molecule has 1 heterocycles. The molecule has 3 rings (SSSR count). The molecule has 5 heteroatoms. The van der Waals surface area contributed by atoms with Crippen molar-refractivity contribution in [3.63, 3.8) is 0 Å². The highest BCUT2D eigenvalue weighted by molar-refractivity contribution is 5.98. The Bertz CT molecular complexity index is 890. The number of aryl methyl sites for hydroxylation is 1. The zero-order valence-corrected chi connectivity index (χ0v) is 16.9. The number of ether oxygens (including phenoxy) is 2. The van der Waals surface area contributed by atoms with Crippen LogP contribution < -0.4 is 10.1 Å². The molecule has 2 aromatic rings. The highest BCUT2D eigenvalue weighted by atomic mass is 16.5. The topological polar surface area (TPSA) is 64.6 Å². The van der Waals surface area contributed by atoms with E-state index in [1.807, 2.05) is 45.0 Å². The molecule has 28 heavy (non-hydrogen) atoms. The van der Waals surface area contributed by atoms with Crippen molar-refractivity contribution in [1.29, 1.82) is 0 Å². The van der Waals surface area contributed by atoms with Crippen molar-refractivity contribution >= 4 is 11.9 Å². The first-order valence-electron chi connectivity index (χ1n) is 9.70. The summed E-state index contributed by atoms with van der Waals surface area (Å²) in [6.45, 7) is 6.42. The third-order valence-corrected chi connectivity index (χ3v) is 5.23. The van der Waals surface area contributed by atoms with E-state index >= 15 is 0 Å². The maximum Gasteiger partial charge on any atom is 0.338 e. The lowest BCUT2D eigenvalue weighted by molar-refractivity contribution is -0.124. The molecule has 5 nitrogen and oxygen atoms in total. The van der Waals surface area contributed by atoms with E-state index in [2.05, 4.69) is 11.4 Å². The Hall–Kier alpha value is -2.82. The second-order valence-corrected chi connectivity index (χ2v) is 7.34. The molecule has 0 bridgehead atoms. The van der Waals surface area contributed by atoms with Crippen LogP contribution in [0.25, 0.3) is 11.1 Å². The van der Waals surface area contributed by atoms with Gasteiger partial charge in [-0.3, -0.25) is 4.79 Å². The molecule has 1 N–H and O–H groups in total. The highest BCUT2D eigenvalue weighted by Crippen LogP contribution is 2.41. The van der Waals surface area contributed by atoms with Crippen LogP contribution in [0.4, 0.5) is 0 Å². The largest absolute Gasteiger partial charge is 0.487 e. The summed E-state index contributed by atoms with van der Waals surface area (Å²) in [5.41, 5.74) is 4.37. The van der Waals surface area contributed by atoms with Crippen molar-refractivity contribution in [2.75, 3.05) is 13.7 Å². The fourth-order valence-corrected chi connectivity index (χ4v) is 3.49. The molecule has 0 spiro atoms. The van der Waals surface area contributed by atoms with Crippen LogP contribution in [0.2, 0.25) is 0 Å². The van der Waals surface area contributed by atoms with Gasteiger partial charge < -0.3 is 14.8 Å². The number of hydrogen-bond donors (Lipinski definition) is 1. The average Bonchev–Trinajstić information content (AvgIpc) is 3.12. The van der Waals surface area contributed by atoms with E-state index < -0.39 is 0 Å². The molecule has 2 atom stereocenters. The predicted molar refractivity (Wildman–Crippen MR) is 109 cm³/mol. The second kappa shape index (κ2) is 8.46. The fourth-order valence-electron chi connectivity index (χ4n) is 3.49. The summed E-state index contributed by atoms with van der Waals surface area (Å²) in [4.78, 5) is 24.3. The first-order chi connectivity index (χ1) is 13.4. The van der Waals surface area contributed by atoms with Crippen molar-refractivity contribution in [2.45, 2.75) is 39.7 Å². The Morgan fingerprint density at radius 1 is 1.25 bits per heavy atom. The van der Waals surface area contributed by atoms with E-state index in [-0.39, 0.29) is 23.9 Å². The Morgan fingerprint density at radius 2 is 2.00 bits per heavy atom. The van der Waals surface area contributed by atoms with E-state index in [1.54, 1.807) is 6.07 Å². The van der Waals surface area contributed by atoms with E-state index in [1.165, 1.54) is 7.11 Å². The van der Waals surface area contributed by atoms with Crippen molar-refractivity contribution in [2.24, 2.45) is 5.92 Å². The first-order valence-corrected chi connectivity index (χ1v) is 9.70. The Morgan fingerprint density at radius 3 is 2.71 bits per heavy atom. The molecule has 0 aromatic heterocycles. The molecule has 0 radical (unpaired) electrons. The van der Waals surface area contributed by atoms with Crippen LogP contribution in [-0.2, 0) is 16.0 Å². The van der Waals surface area contributed by atoms with Crippen LogP contribution in [0.15, 0.2) is 36.4 Å². The summed E-state index contributed by atoms with van der Waals surface area (Å²) >= 11 is 0. The Kier molecular flexibility index (Phi) is 6.02. The minimum Gasteiger partial charge on any atom is -0.487 e. The van der Waals surface area contributed by atoms with Crippen molar-refractivity contribution in [1.82, 2.24) is 5.32 Å². The molecule has 0 fully saturated rings. The van der Waals surface area contributed by atoms with Gasteiger partial charge in [0.05, 0.1) is 19.2 Å². The minimum absolute atomic E-state index is 0.00600. The number of carbonyl (C=O) groups excluding carboxylic acids is 2. The number of methoxy groups -OCH3 is 1. The van der Waals surface area contributed by atoms with Gasteiger partial charge in [-0.1, -0.05) is 38.1 Å². The maximum absolute atomic E-state index is 12.2. The lowest BCUT2D eigenvalue weighted by Crippen LogP contribution is -2.37. The normalized spacial score (nSPS) is 16.1. The molecule has 1 amide bonds. The van der Waals surface area contributed by atoms with Gasteiger partial charge in [0, 0.05) is 17.9 Å². The van der Waals surface area contributed by atoms with Gasteiger partial charge in [-0.15, -0.1) is 0 Å². The van der Waals surface area contributed by atoms with Crippen LogP contribution in [0.5, 0.6) is 5.75 Å². The summed E-state index contributed by atoms with van der Waals surface area (Å²) < 4.78 is 11.2. The Balaban J connectivity index is 1.88. The number of fused-ring (bicyclic) bond motifs is 1. The van der Waals surface area contributed by atoms with Crippen molar-refractivity contribution in [3.05, 3.63) is 53.1 Å². The third kappa shape index (κ3) is 4.03. The molecule has 1 aliphatic heterocycles. The molecule has 1 aliphatic rings. The van der Waals surface area contributed by atoms with Gasteiger partial charge in [-0.25, -0.2) is 4.79 Å². The number of benzene rings is 2. The van der Waals surface area contributed by atoms with Crippen LogP contribution >= 0.6 is 0 Å². The summed E-state index contributed by atoms with van der Waals surface area (Å²) in [5, 5.41) is 2.98. The number of esters is 1. The standard InChI is InChI=1S/C23H27NO4/c1-5-15(3)22(25)24-13-17-12-16-10-14(2)11-20(21(16)28-17)18-8-6-7-9-19(18)23(26)27-4/h6-11,15,17H,5,12-13H2,1-4H3,(H,24,25)/t15-,17+/m1/s1. The maximum atomic E-state index is 12.2. The number of carbonyl (C=O) groups is 2. The zero-order chi connectivity index (χ0) is 20.3. The molecule has 0 aliphatic carbocycles. The number of rotatable bonds is 6. The van der Waals surface area contributed by atoms with Gasteiger partial charge in [0.2, 0.25) is 5.91 Å². The lowest BCUT2D eigenvalue weighted by atomic mass is 9.94. The summed E-state index contributed by atoms with van der Waals surface area (Å²) in [6.07, 6.45) is 1.42. The van der Waals surface area contributed by atoms with E-state index in [0.29, 0.717) is 12.1 Å². The fraction of sp³-hybridized carbons (Fsp3) is 0.391. The Labute approximate surface area is 166 Å². The molecule has 2 aromatic carbocycles. The molecule has 0 saturated carbocycles. The molecule has 148 valence electrons. The number of nitrogens with one attached hydrogen (secondary N) is 1. The van der Waals surface area contributed by atoms with Crippen LogP contribution in [0, 0.1) is 12.8 Å². The molecule has 0 unspecified atom stereocenters. The van der Waals surface area contributed by atoms with E-state index in [4.69, 9.17) is 9.47 Å². The monoisotopic (exact) mass is 381 g/mol. The summed E-state index contributed by atoms with van der Waals surface area (Å²) in [6, 6.07) is 11.5. The minimum atomic E-state index is -0.374. The SMILES string of the molecule is CC[C@@H](C)C(=O)NC[C@@H]1Cc2cc(C)cc(-c3ccccc3C(=O)OC)c2O1.